The number of carbonyl (C=O) groups is 2. The molecule has 31 heavy (non-hydrogen) atoms. The maximum Gasteiger partial charge on any atom is 0.437 e. The third-order valence-corrected chi connectivity index (χ3v) is 3.75. The number of nitrogens with zero attached hydrogens (tertiary/aromatic N) is 4. The Kier molecular flexibility index (Phi) is 7.97. The number of benzene rings is 2. The molecule has 0 aliphatic heterocycles. The van der Waals surface area contributed by atoms with Crippen molar-refractivity contribution in [2.24, 2.45) is 10.3 Å². The molecule has 0 heterocycles. The van der Waals surface area contributed by atoms with Crippen LogP contribution in [0.15, 0.2) is 46.7 Å². The van der Waals surface area contributed by atoms with Crippen molar-refractivity contribution in [1.29, 1.82) is 10.5 Å². The molecule has 0 bridgehead atoms. The fourth-order valence-electron chi connectivity index (χ4n) is 1.87. The Morgan fingerprint density at radius 2 is 1.19 bits per heavy atom. The first kappa shape index (κ1) is 23.2. The second-order valence-electron chi connectivity index (χ2n) is 5.12. The van der Waals surface area contributed by atoms with Crippen LogP contribution in [0, 0.1) is 34.3 Å². The van der Waals surface area contributed by atoms with Gasteiger partial charge in [-0.1, -0.05) is 23.2 Å². The molecule has 9 nitrogen and oxygen atoms in total. The zero-order valence-corrected chi connectivity index (χ0v) is 16.3. The predicted octanol–water partition coefficient (Wildman–Crippen LogP) is 3.45. The lowest BCUT2D eigenvalue weighted by Gasteiger charge is -2.12. The molecule has 2 rings (SSSR count). The maximum atomic E-state index is 13.4. The number of halogens is 4. The molecule has 0 saturated heterocycles. The number of nitriles is 2. The molecule has 0 aliphatic rings. The smallest absolute Gasteiger partial charge is 0.413 e. The minimum absolute atomic E-state index is 0.147. The summed E-state index contributed by atoms with van der Waals surface area (Å²) < 4.78 is 32.1. The maximum absolute atomic E-state index is 13.4. The van der Waals surface area contributed by atoms with E-state index in [-0.39, 0.29) is 21.2 Å². The number of hydrogen-bond donors (Lipinski definition) is 0. The van der Waals surface area contributed by atoms with E-state index in [1.165, 1.54) is 0 Å². The lowest BCUT2D eigenvalue weighted by atomic mass is 10.2. The molecule has 156 valence electrons. The van der Waals surface area contributed by atoms with Crippen molar-refractivity contribution in [1.82, 2.24) is 0 Å². The molecule has 0 N–H and O–H groups in total. The molecule has 2 aromatic carbocycles. The molecule has 0 aromatic heterocycles. The number of ether oxygens (including phenoxy) is 1. The largest absolute Gasteiger partial charge is 0.437 e. The van der Waals surface area contributed by atoms with Crippen LogP contribution in [0.3, 0.4) is 0 Å². The van der Waals surface area contributed by atoms with Gasteiger partial charge in [-0.15, -0.1) is 0 Å². The SMILES string of the molecule is N#CC(=O)ON=C(OC(=NOC(=O)C#N)c1ccc(F)cc1Cl)c1ccc(F)cc1Cl. The van der Waals surface area contributed by atoms with Gasteiger partial charge in [0, 0.05) is 0 Å². The van der Waals surface area contributed by atoms with Gasteiger partial charge in [-0.05, 0) is 46.7 Å². The van der Waals surface area contributed by atoms with E-state index in [0.717, 1.165) is 48.5 Å². The second kappa shape index (κ2) is 10.6. The average molecular weight is 467 g/mol. The Bertz CT molecular complexity index is 1100. The summed E-state index contributed by atoms with van der Waals surface area (Å²) in [5, 5.41) is 23.2. The van der Waals surface area contributed by atoms with Crippen molar-refractivity contribution < 1.29 is 32.8 Å². The molecule has 0 fully saturated rings. The Labute approximate surface area is 182 Å². The highest BCUT2D eigenvalue weighted by Crippen LogP contribution is 2.23. The first-order valence-corrected chi connectivity index (χ1v) is 8.47. The standard InChI is InChI=1S/C18H6Cl2F2N4O5/c19-13-5-9(21)1-3-11(13)17(25-30-15(27)7-23)29-18(26-31-16(28)8-24)12-4-2-10(22)6-14(12)20/h1-6H. The van der Waals surface area contributed by atoms with Gasteiger partial charge >= 0.3 is 11.9 Å². The topological polar surface area (TPSA) is 134 Å². The van der Waals surface area contributed by atoms with Gasteiger partial charge in [-0.2, -0.15) is 10.5 Å². The fourth-order valence-corrected chi connectivity index (χ4v) is 2.37. The van der Waals surface area contributed by atoms with Crippen LogP contribution in [0.1, 0.15) is 11.1 Å². The van der Waals surface area contributed by atoms with E-state index < -0.39 is 35.4 Å². The summed E-state index contributed by atoms with van der Waals surface area (Å²) >= 11 is 11.9. The van der Waals surface area contributed by atoms with Crippen LogP contribution in [0.2, 0.25) is 10.0 Å². The van der Waals surface area contributed by atoms with Crippen molar-refractivity contribution in [3.8, 4) is 12.1 Å². The highest BCUT2D eigenvalue weighted by molar-refractivity contribution is 6.35. The number of oxime groups is 2. The van der Waals surface area contributed by atoms with Crippen LogP contribution in [0.5, 0.6) is 0 Å². The highest BCUT2D eigenvalue weighted by atomic mass is 35.5. The Morgan fingerprint density at radius 1 is 0.806 bits per heavy atom. The van der Waals surface area contributed by atoms with Gasteiger partial charge in [0.05, 0.1) is 21.2 Å². The minimum Gasteiger partial charge on any atom is -0.413 e. The van der Waals surface area contributed by atoms with E-state index >= 15 is 0 Å². The van der Waals surface area contributed by atoms with Gasteiger partial charge in [-0.25, -0.2) is 18.4 Å². The van der Waals surface area contributed by atoms with Gasteiger partial charge in [0.2, 0.25) is 0 Å². The Balaban J connectivity index is 2.58. The van der Waals surface area contributed by atoms with E-state index in [9.17, 15) is 18.4 Å². The van der Waals surface area contributed by atoms with Gasteiger partial charge < -0.3 is 4.74 Å². The molecular weight excluding hydrogens is 461 g/mol. The number of hydrogen-bond acceptors (Lipinski definition) is 9. The van der Waals surface area contributed by atoms with Crippen LogP contribution in [0.4, 0.5) is 8.78 Å². The third-order valence-electron chi connectivity index (χ3n) is 3.12. The van der Waals surface area contributed by atoms with E-state index in [2.05, 4.69) is 20.0 Å². The van der Waals surface area contributed by atoms with Crippen molar-refractivity contribution in [3.05, 3.63) is 69.2 Å². The van der Waals surface area contributed by atoms with Crippen LogP contribution in [-0.4, -0.2) is 23.7 Å². The summed E-state index contributed by atoms with van der Waals surface area (Å²) in [4.78, 5) is 31.0. The molecular formula is C18H6Cl2F2N4O5. The first-order valence-electron chi connectivity index (χ1n) is 7.72. The quantitative estimate of drug-likeness (QED) is 0.221. The van der Waals surface area contributed by atoms with Crippen LogP contribution < -0.4 is 0 Å². The summed E-state index contributed by atoms with van der Waals surface area (Å²) in [5.74, 6) is -5.62. The monoisotopic (exact) mass is 466 g/mol. The molecule has 2 aromatic rings. The summed E-state index contributed by atoms with van der Waals surface area (Å²) in [7, 11) is 0. The predicted molar refractivity (Wildman–Crippen MR) is 100 cm³/mol. The first-order chi connectivity index (χ1) is 14.7. The lowest BCUT2D eigenvalue weighted by Crippen LogP contribution is -2.18. The summed E-state index contributed by atoms with van der Waals surface area (Å²) in [5.41, 5.74) is -0.294. The van der Waals surface area contributed by atoms with Gasteiger partial charge in [0.25, 0.3) is 11.8 Å². The lowest BCUT2D eigenvalue weighted by molar-refractivity contribution is -0.137. The Morgan fingerprint density at radius 3 is 1.52 bits per heavy atom. The molecule has 0 aliphatic carbocycles. The number of rotatable bonds is 4. The highest BCUT2D eigenvalue weighted by Gasteiger charge is 2.21. The zero-order valence-electron chi connectivity index (χ0n) is 14.8. The molecule has 0 unspecified atom stereocenters. The van der Waals surface area contributed by atoms with Crippen LogP contribution in [0.25, 0.3) is 0 Å². The van der Waals surface area contributed by atoms with Crippen molar-refractivity contribution in [2.45, 2.75) is 0 Å². The van der Waals surface area contributed by atoms with E-state index in [1.54, 1.807) is 0 Å². The van der Waals surface area contributed by atoms with Gasteiger partial charge in [0.15, 0.2) is 12.1 Å². The average Bonchev–Trinajstić information content (AvgIpc) is 2.73. The van der Waals surface area contributed by atoms with Crippen LogP contribution in [-0.2, 0) is 24.0 Å². The third kappa shape index (κ3) is 6.47. The minimum atomic E-state index is -1.44. The molecule has 13 heteroatoms. The Hall–Kier alpha value is -4.06. The molecule has 0 saturated carbocycles. The molecule has 0 spiro atoms. The summed E-state index contributed by atoms with van der Waals surface area (Å²) in [6.07, 6.45) is 0. The summed E-state index contributed by atoms with van der Waals surface area (Å²) in [6.45, 7) is 0. The van der Waals surface area contributed by atoms with Crippen molar-refractivity contribution in [3.63, 3.8) is 0 Å². The van der Waals surface area contributed by atoms with Gasteiger partial charge in [-0.3, -0.25) is 9.68 Å². The molecule has 0 amide bonds. The molecule has 0 atom stereocenters. The number of carbonyl (C=O) groups excluding carboxylic acids is 2. The fraction of sp³-hybridized carbons (Fsp3) is 0. The summed E-state index contributed by atoms with van der Waals surface area (Å²) in [6, 6.07) is 8.10. The molecule has 0 radical (unpaired) electrons. The van der Waals surface area contributed by atoms with E-state index in [4.69, 9.17) is 38.5 Å². The zero-order chi connectivity index (χ0) is 23.0. The normalized spacial score (nSPS) is 11.2. The van der Waals surface area contributed by atoms with Gasteiger partial charge in [0.1, 0.15) is 11.6 Å². The van der Waals surface area contributed by atoms with Crippen molar-refractivity contribution in [2.75, 3.05) is 0 Å². The second-order valence-corrected chi connectivity index (χ2v) is 5.94. The van der Waals surface area contributed by atoms with Crippen LogP contribution >= 0.6 is 23.2 Å². The van der Waals surface area contributed by atoms with Crippen molar-refractivity contribution >= 4 is 46.9 Å². The van der Waals surface area contributed by atoms with E-state index in [1.807, 2.05) is 0 Å². The van der Waals surface area contributed by atoms with E-state index in [0.29, 0.717) is 0 Å².